The molecule has 5 nitrogen and oxygen atoms in total. The number of carboxylic acid groups (broad SMARTS) is 1. The molecule has 0 fully saturated rings. The summed E-state index contributed by atoms with van der Waals surface area (Å²) >= 11 is 1.23. The topological polar surface area (TPSA) is 83.0 Å². The maximum atomic E-state index is 11.2. The van der Waals surface area contributed by atoms with Crippen LogP contribution in [-0.4, -0.2) is 26.8 Å². The number of nitrogens with one attached hydrogen (secondary N) is 1. The van der Waals surface area contributed by atoms with Gasteiger partial charge in [-0.3, -0.25) is 0 Å². The third-order valence-corrected chi connectivity index (χ3v) is 2.92. The molecule has 1 heterocycles. The zero-order chi connectivity index (χ0) is 12.8. The first-order valence-corrected chi connectivity index (χ1v) is 5.91. The predicted octanol–water partition coefficient (Wildman–Crippen LogP) is 1.28. The number of hydrogen-bond donors (Lipinski definition) is 2. The predicted molar refractivity (Wildman–Crippen MR) is 65.3 cm³/mol. The summed E-state index contributed by atoms with van der Waals surface area (Å²) in [6.07, 6.45) is 0.633. The van der Waals surface area contributed by atoms with Gasteiger partial charge >= 0.3 is 11.7 Å². The Labute approximate surface area is 103 Å². The summed E-state index contributed by atoms with van der Waals surface area (Å²) in [5, 5.41) is 9.28. The van der Waals surface area contributed by atoms with E-state index in [-0.39, 0.29) is 10.6 Å². The Morgan fingerprint density at radius 1 is 1.59 bits per heavy atom. The van der Waals surface area contributed by atoms with E-state index in [0.717, 1.165) is 0 Å². The first-order valence-electron chi connectivity index (χ1n) is 4.93. The first-order chi connectivity index (χ1) is 8.06. The lowest BCUT2D eigenvalue weighted by Crippen LogP contribution is -2.18. The summed E-state index contributed by atoms with van der Waals surface area (Å²) in [4.78, 5) is 28.3. The molecule has 17 heavy (non-hydrogen) atoms. The molecular formula is C11H12N2O3S. The molecule has 0 aliphatic heterocycles. The van der Waals surface area contributed by atoms with Crippen molar-refractivity contribution in [3.05, 3.63) is 21.7 Å². The molecule has 0 amide bonds. The van der Waals surface area contributed by atoms with E-state index in [9.17, 15) is 9.59 Å². The van der Waals surface area contributed by atoms with Gasteiger partial charge in [-0.2, -0.15) is 4.98 Å². The molecule has 6 heteroatoms. The summed E-state index contributed by atoms with van der Waals surface area (Å²) < 4.78 is 0. The van der Waals surface area contributed by atoms with Crippen molar-refractivity contribution in [1.82, 2.24) is 9.97 Å². The van der Waals surface area contributed by atoms with Crippen LogP contribution >= 0.6 is 11.8 Å². The minimum atomic E-state index is -1.09. The average Bonchev–Trinajstić information content (AvgIpc) is 2.22. The van der Waals surface area contributed by atoms with Crippen molar-refractivity contribution in [2.24, 2.45) is 0 Å². The normalized spacial score (nSPS) is 9.53. The minimum Gasteiger partial charge on any atom is -0.478 e. The summed E-state index contributed by atoms with van der Waals surface area (Å²) in [6, 6.07) is 0. The Balaban J connectivity index is 2.99. The van der Waals surface area contributed by atoms with Crippen LogP contribution in [0.2, 0.25) is 0 Å². The molecule has 0 saturated heterocycles. The minimum absolute atomic E-state index is 0.0547. The second kappa shape index (κ2) is 6.11. The smallest absolute Gasteiger partial charge is 0.346 e. The molecule has 0 unspecified atom stereocenters. The highest BCUT2D eigenvalue weighted by Crippen LogP contribution is 2.21. The van der Waals surface area contributed by atoms with E-state index in [1.54, 1.807) is 13.8 Å². The van der Waals surface area contributed by atoms with Crippen LogP contribution in [0, 0.1) is 18.8 Å². The maximum absolute atomic E-state index is 11.2. The highest BCUT2D eigenvalue weighted by atomic mass is 32.2. The van der Waals surface area contributed by atoms with Gasteiger partial charge in [0.2, 0.25) is 0 Å². The van der Waals surface area contributed by atoms with Crippen LogP contribution in [0.1, 0.15) is 29.4 Å². The summed E-state index contributed by atoms with van der Waals surface area (Å²) in [6.45, 7) is 3.28. The molecule has 2 N–H and O–H groups in total. The Kier molecular flexibility index (Phi) is 4.79. The molecule has 0 aliphatic rings. The van der Waals surface area contributed by atoms with Gasteiger partial charge in [0.25, 0.3) is 0 Å². The lowest BCUT2D eigenvalue weighted by molar-refractivity contribution is 0.0690. The lowest BCUT2D eigenvalue weighted by Gasteiger charge is -2.05. The number of hydrogen-bond acceptors (Lipinski definition) is 4. The largest absolute Gasteiger partial charge is 0.478 e. The van der Waals surface area contributed by atoms with Crippen LogP contribution < -0.4 is 5.69 Å². The standard InChI is InChI=1S/C11H12N2O3S/c1-3-4-5-6-17-9-8(10(14)15)7(2)12-11(16)13-9/h5-6H2,1-2H3,(H,14,15)(H,12,13,16). The van der Waals surface area contributed by atoms with Crippen molar-refractivity contribution in [2.75, 3.05) is 5.75 Å². The van der Waals surface area contributed by atoms with Crippen molar-refractivity contribution >= 4 is 17.7 Å². The van der Waals surface area contributed by atoms with Crippen molar-refractivity contribution in [3.8, 4) is 11.8 Å². The number of nitrogens with zero attached hydrogens (tertiary/aromatic N) is 1. The van der Waals surface area contributed by atoms with Crippen molar-refractivity contribution in [2.45, 2.75) is 25.3 Å². The van der Waals surface area contributed by atoms with E-state index < -0.39 is 11.7 Å². The van der Waals surface area contributed by atoms with Gasteiger partial charge in [0.15, 0.2) is 0 Å². The van der Waals surface area contributed by atoms with Gasteiger partial charge in [-0.1, -0.05) is 0 Å². The quantitative estimate of drug-likeness (QED) is 0.365. The Hall–Kier alpha value is -1.74. The van der Waals surface area contributed by atoms with Crippen LogP contribution in [0.5, 0.6) is 0 Å². The molecular weight excluding hydrogens is 240 g/mol. The fraction of sp³-hybridized carbons (Fsp3) is 0.364. The molecule has 0 aliphatic carbocycles. The van der Waals surface area contributed by atoms with E-state index in [2.05, 4.69) is 21.8 Å². The second-order valence-electron chi connectivity index (χ2n) is 3.18. The number of thioether (sulfide) groups is 1. The molecule has 0 saturated carbocycles. The molecule has 0 atom stereocenters. The summed E-state index contributed by atoms with van der Waals surface area (Å²) in [5.74, 6) is 5.13. The van der Waals surface area contributed by atoms with Gasteiger partial charge in [-0.05, 0) is 13.8 Å². The number of aromatic amines is 1. The SMILES string of the molecule is CC#CCCSc1nc(=O)[nH]c(C)c1C(=O)O. The van der Waals surface area contributed by atoms with E-state index in [1.165, 1.54) is 11.8 Å². The second-order valence-corrected chi connectivity index (χ2v) is 4.26. The third kappa shape index (κ3) is 3.64. The van der Waals surface area contributed by atoms with Gasteiger partial charge < -0.3 is 10.1 Å². The Morgan fingerprint density at radius 3 is 2.88 bits per heavy atom. The molecule has 0 aromatic carbocycles. The summed E-state index contributed by atoms with van der Waals surface area (Å²) in [7, 11) is 0. The number of aromatic nitrogens is 2. The van der Waals surface area contributed by atoms with Gasteiger partial charge in [0.1, 0.15) is 10.6 Å². The Morgan fingerprint density at radius 2 is 2.29 bits per heavy atom. The molecule has 1 aromatic heterocycles. The zero-order valence-electron chi connectivity index (χ0n) is 9.53. The molecule has 1 rings (SSSR count). The lowest BCUT2D eigenvalue weighted by atomic mass is 10.2. The van der Waals surface area contributed by atoms with Crippen LogP contribution in [0.4, 0.5) is 0 Å². The zero-order valence-corrected chi connectivity index (χ0v) is 10.3. The van der Waals surface area contributed by atoms with Gasteiger partial charge in [-0.25, -0.2) is 9.59 Å². The van der Waals surface area contributed by atoms with Gasteiger partial charge in [0, 0.05) is 17.9 Å². The highest BCUT2D eigenvalue weighted by molar-refractivity contribution is 7.99. The number of H-pyrrole nitrogens is 1. The first kappa shape index (κ1) is 13.3. The number of rotatable bonds is 4. The van der Waals surface area contributed by atoms with Crippen molar-refractivity contribution in [1.29, 1.82) is 0 Å². The molecule has 0 spiro atoms. The summed E-state index contributed by atoms with van der Waals surface area (Å²) in [5.41, 5.74) is -0.155. The van der Waals surface area contributed by atoms with Crippen LogP contribution in [-0.2, 0) is 0 Å². The number of carboxylic acids is 1. The average molecular weight is 252 g/mol. The van der Waals surface area contributed by atoms with Crippen molar-refractivity contribution in [3.63, 3.8) is 0 Å². The Bertz CT molecular complexity index is 540. The van der Waals surface area contributed by atoms with Gasteiger partial charge in [-0.15, -0.1) is 23.6 Å². The van der Waals surface area contributed by atoms with E-state index in [1.807, 2.05) is 0 Å². The number of carbonyl (C=O) groups is 1. The number of aryl methyl sites for hydroxylation is 1. The van der Waals surface area contributed by atoms with Gasteiger partial charge in [0.05, 0.1) is 0 Å². The maximum Gasteiger partial charge on any atom is 0.346 e. The van der Waals surface area contributed by atoms with Crippen LogP contribution in [0.3, 0.4) is 0 Å². The van der Waals surface area contributed by atoms with E-state index >= 15 is 0 Å². The molecule has 0 bridgehead atoms. The van der Waals surface area contributed by atoms with Crippen LogP contribution in [0.25, 0.3) is 0 Å². The molecule has 1 aromatic rings. The monoisotopic (exact) mass is 252 g/mol. The molecule has 0 radical (unpaired) electrons. The van der Waals surface area contributed by atoms with Crippen LogP contribution in [0.15, 0.2) is 9.82 Å². The molecule has 90 valence electrons. The van der Waals surface area contributed by atoms with Crippen molar-refractivity contribution < 1.29 is 9.90 Å². The van der Waals surface area contributed by atoms with E-state index in [0.29, 0.717) is 17.9 Å². The highest BCUT2D eigenvalue weighted by Gasteiger charge is 2.16. The fourth-order valence-electron chi connectivity index (χ4n) is 1.24. The fourth-order valence-corrected chi connectivity index (χ4v) is 2.17. The number of aromatic carboxylic acids is 1. The third-order valence-electron chi connectivity index (χ3n) is 1.94. The van der Waals surface area contributed by atoms with E-state index in [4.69, 9.17) is 5.11 Å².